The van der Waals surface area contributed by atoms with Gasteiger partial charge < -0.3 is 4.74 Å². The lowest BCUT2D eigenvalue weighted by atomic mass is 10.1. The number of carbonyl (C=O) groups is 1. The van der Waals surface area contributed by atoms with Crippen LogP contribution in [0, 0.1) is 36.7 Å². The first-order valence-corrected chi connectivity index (χ1v) is 9.58. The zero-order valence-electron chi connectivity index (χ0n) is 17.2. The first kappa shape index (κ1) is 21.2. The van der Waals surface area contributed by atoms with Crippen molar-refractivity contribution in [3.05, 3.63) is 58.9 Å². The molecule has 2 amide bonds. The third kappa shape index (κ3) is 3.73. The molecule has 0 bridgehead atoms. The number of hydrogen-bond donors (Lipinski definition) is 1. The van der Waals surface area contributed by atoms with E-state index in [9.17, 15) is 18.0 Å². The summed E-state index contributed by atoms with van der Waals surface area (Å²) < 4.78 is 46.7. The average Bonchev–Trinajstić information content (AvgIpc) is 3.21. The number of terminal acetylenes is 1. The van der Waals surface area contributed by atoms with Gasteiger partial charge in [0, 0.05) is 13.1 Å². The SMILES string of the molecule is C#CCOc1ccc(C)c(N=C2NC(=O)N(C)C3=NCC(c4cc(F)c(F)c(F)c4)N23)c1. The van der Waals surface area contributed by atoms with Crippen LogP contribution >= 0.6 is 0 Å². The second kappa shape index (κ2) is 8.26. The van der Waals surface area contributed by atoms with Crippen molar-refractivity contribution < 1.29 is 22.7 Å². The fraction of sp³-hybridized carbons (Fsp3) is 0.227. The minimum absolute atomic E-state index is 0.0767. The van der Waals surface area contributed by atoms with Gasteiger partial charge in [0.25, 0.3) is 0 Å². The van der Waals surface area contributed by atoms with Crippen molar-refractivity contribution >= 4 is 23.6 Å². The van der Waals surface area contributed by atoms with Crippen molar-refractivity contribution in [2.75, 3.05) is 20.2 Å². The smallest absolute Gasteiger partial charge is 0.330 e. The predicted octanol–water partition coefficient (Wildman–Crippen LogP) is 3.48. The number of guanidine groups is 2. The number of benzene rings is 2. The van der Waals surface area contributed by atoms with Crippen LogP contribution in [0.1, 0.15) is 17.2 Å². The fourth-order valence-electron chi connectivity index (χ4n) is 3.45. The van der Waals surface area contributed by atoms with Gasteiger partial charge in [0.15, 0.2) is 17.5 Å². The lowest BCUT2D eigenvalue weighted by Crippen LogP contribution is -2.61. The summed E-state index contributed by atoms with van der Waals surface area (Å²) in [6.07, 6.45) is 5.23. The van der Waals surface area contributed by atoms with E-state index in [1.165, 1.54) is 11.9 Å². The Kier molecular flexibility index (Phi) is 5.48. The molecule has 1 atom stereocenters. The third-order valence-electron chi connectivity index (χ3n) is 5.10. The molecule has 0 aromatic heterocycles. The number of carbonyl (C=O) groups excluding carboxylic acids is 1. The van der Waals surface area contributed by atoms with Gasteiger partial charge in [0.2, 0.25) is 11.9 Å². The highest BCUT2D eigenvalue weighted by Gasteiger charge is 2.41. The molecule has 1 N–H and O–H groups in total. The summed E-state index contributed by atoms with van der Waals surface area (Å²) in [5, 5.41) is 2.66. The van der Waals surface area contributed by atoms with Crippen molar-refractivity contribution in [2.24, 2.45) is 9.98 Å². The number of hydrogen-bond acceptors (Lipinski definition) is 4. The maximum atomic E-state index is 13.9. The summed E-state index contributed by atoms with van der Waals surface area (Å²) in [6.45, 7) is 1.98. The Labute approximate surface area is 182 Å². The Bertz CT molecular complexity index is 1180. The molecule has 0 radical (unpaired) electrons. The second-order valence-corrected chi connectivity index (χ2v) is 7.19. The topological polar surface area (TPSA) is 69.5 Å². The highest BCUT2D eigenvalue weighted by atomic mass is 19.2. The van der Waals surface area contributed by atoms with Crippen LogP contribution in [0.3, 0.4) is 0 Å². The number of nitrogens with one attached hydrogen (secondary N) is 1. The van der Waals surface area contributed by atoms with Crippen LogP contribution in [-0.4, -0.2) is 47.9 Å². The minimum atomic E-state index is -1.55. The Morgan fingerprint density at radius 3 is 2.69 bits per heavy atom. The normalized spacial score (nSPS) is 18.9. The molecule has 2 heterocycles. The van der Waals surface area contributed by atoms with E-state index in [1.807, 2.05) is 6.92 Å². The van der Waals surface area contributed by atoms with Crippen molar-refractivity contribution in [1.29, 1.82) is 0 Å². The second-order valence-electron chi connectivity index (χ2n) is 7.19. The Balaban J connectivity index is 1.77. The number of fused-ring (bicyclic) bond motifs is 1. The largest absolute Gasteiger partial charge is 0.481 e. The van der Waals surface area contributed by atoms with Gasteiger partial charge in [0.05, 0.1) is 18.3 Å². The molecule has 1 fully saturated rings. The van der Waals surface area contributed by atoms with Gasteiger partial charge in [0.1, 0.15) is 12.4 Å². The molecule has 0 spiro atoms. The quantitative estimate of drug-likeness (QED) is 0.584. The van der Waals surface area contributed by atoms with Crippen LogP contribution in [0.2, 0.25) is 0 Å². The molecule has 2 aromatic rings. The molecule has 0 aliphatic carbocycles. The standard InChI is InChI=1S/C22H18F3N5O2/c1-4-7-32-14-6-5-12(2)17(10-14)27-20-28-22(31)29(3)21-26-11-18(30(20)21)13-8-15(23)19(25)16(24)9-13/h1,5-6,8-10,18H,7,11H2,2-3H3,(H,27,28,31). The number of aliphatic imine (C=N–C) groups is 2. The molecule has 164 valence electrons. The number of ether oxygens (including phenoxy) is 1. The summed E-state index contributed by atoms with van der Waals surface area (Å²) in [7, 11) is 1.51. The summed E-state index contributed by atoms with van der Waals surface area (Å²) in [5.74, 6) is -0.947. The van der Waals surface area contributed by atoms with E-state index in [-0.39, 0.29) is 30.6 Å². The summed E-state index contributed by atoms with van der Waals surface area (Å²) in [6, 6.07) is 5.81. The Morgan fingerprint density at radius 2 is 2.00 bits per heavy atom. The molecule has 1 saturated heterocycles. The van der Waals surface area contributed by atoms with E-state index in [4.69, 9.17) is 11.2 Å². The lowest BCUT2D eigenvalue weighted by molar-refractivity contribution is 0.222. The molecular weight excluding hydrogens is 423 g/mol. The number of rotatable bonds is 4. The molecule has 10 heteroatoms. The highest BCUT2D eigenvalue weighted by molar-refractivity contribution is 6.16. The van der Waals surface area contributed by atoms with Crippen LogP contribution in [0.25, 0.3) is 0 Å². The van der Waals surface area contributed by atoms with Crippen LogP contribution in [-0.2, 0) is 0 Å². The van der Waals surface area contributed by atoms with E-state index in [1.54, 1.807) is 23.1 Å². The maximum absolute atomic E-state index is 13.9. The maximum Gasteiger partial charge on any atom is 0.330 e. The molecular formula is C22H18F3N5O2. The van der Waals surface area contributed by atoms with Gasteiger partial charge in [-0.15, -0.1) is 6.42 Å². The number of amides is 2. The van der Waals surface area contributed by atoms with E-state index in [2.05, 4.69) is 21.2 Å². The highest BCUT2D eigenvalue weighted by Crippen LogP contribution is 2.33. The molecule has 2 aromatic carbocycles. The molecule has 1 unspecified atom stereocenters. The van der Waals surface area contributed by atoms with Gasteiger partial charge >= 0.3 is 6.03 Å². The minimum Gasteiger partial charge on any atom is -0.481 e. The van der Waals surface area contributed by atoms with Crippen LogP contribution < -0.4 is 10.1 Å². The summed E-state index contributed by atoms with van der Waals surface area (Å²) in [5.41, 5.74) is 1.42. The van der Waals surface area contributed by atoms with Gasteiger partial charge in [-0.05, 0) is 36.2 Å². The van der Waals surface area contributed by atoms with E-state index < -0.39 is 29.5 Å². The van der Waals surface area contributed by atoms with Crippen molar-refractivity contribution in [2.45, 2.75) is 13.0 Å². The summed E-state index contributed by atoms with van der Waals surface area (Å²) >= 11 is 0. The monoisotopic (exact) mass is 441 g/mol. The zero-order chi connectivity index (χ0) is 23.0. The van der Waals surface area contributed by atoms with Gasteiger partial charge in [-0.1, -0.05) is 12.0 Å². The van der Waals surface area contributed by atoms with Gasteiger partial charge in [-0.2, -0.15) is 0 Å². The first-order chi connectivity index (χ1) is 15.3. The molecule has 0 saturated carbocycles. The van der Waals surface area contributed by atoms with E-state index in [0.717, 1.165) is 17.7 Å². The number of nitrogens with zero attached hydrogens (tertiary/aromatic N) is 4. The molecule has 2 aliphatic heterocycles. The number of halogens is 3. The molecule has 4 rings (SSSR count). The van der Waals surface area contributed by atoms with Crippen LogP contribution in [0.4, 0.5) is 23.7 Å². The Morgan fingerprint density at radius 1 is 1.28 bits per heavy atom. The summed E-state index contributed by atoms with van der Waals surface area (Å²) in [4.78, 5) is 24.1. The van der Waals surface area contributed by atoms with Gasteiger partial charge in [-0.3, -0.25) is 15.1 Å². The third-order valence-corrected chi connectivity index (χ3v) is 5.10. The Hall–Kier alpha value is -4.00. The van der Waals surface area contributed by atoms with Crippen LogP contribution in [0.5, 0.6) is 5.75 Å². The van der Waals surface area contributed by atoms with Gasteiger partial charge in [-0.25, -0.2) is 28.0 Å². The molecule has 2 aliphatic rings. The molecule has 7 nitrogen and oxygen atoms in total. The lowest BCUT2D eigenvalue weighted by Gasteiger charge is -2.36. The number of aryl methyl sites for hydroxylation is 1. The van der Waals surface area contributed by atoms with Crippen molar-refractivity contribution in [3.63, 3.8) is 0 Å². The fourth-order valence-corrected chi connectivity index (χ4v) is 3.45. The number of urea groups is 1. The van der Waals surface area contributed by atoms with E-state index in [0.29, 0.717) is 11.4 Å². The first-order valence-electron chi connectivity index (χ1n) is 9.58. The van der Waals surface area contributed by atoms with Crippen molar-refractivity contribution in [1.82, 2.24) is 15.1 Å². The van der Waals surface area contributed by atoms with Crippen LogP contribution in [0.15, 0.2) is 40.3 Å². The zero-order valence-corrected chi connectivity index (χ0v) is 17.2. The molecule has 32 heavy (non-hydrogen) atoms. The predicted molar refractivity (Wildman–Crippen MR) is 112 cm³/mol. The van der Waals surface area contributed by atoms with E-state index >= 15 is 0 Å². The average molecular weight is 441 g/mol. The van der Waals surface area contributed by atoms with Crippen molar-refractivity contribution in [3.8, 4) is 18.1 Å².